The average molecular weight is 522 g/mol. The van der Waals surface area contributed by atoms with Crippen LogP contribution in [0, 0.1) is 0 Å². The summed E-state index contributed by atoms with van der Waals surface area (Å²) in [4.78, 5) is 17.4. The minimum Gasteiger partial charge on any atom is -0.493 e. The number of hydrogen-bond donors (Lipinski definition) is 2. The first-order valence-corrected chi connectivity index (χ1v) is 11.6. The number of benzene rings is 2. The SMILES string of the molecule is COc1ccc(C=NNC(=O)c2nnn(-c3nonc3N)c2CSc2nc3ccccc3o2)cc1OC. The highest BCUT2D eigenvalue weighted by molar-refractivity contribution is 7.98. The van der Waals surface area contributed by atoms with Crippen LogP contribution in [0.15, 0.2) is 61.8 Å². The van der Waals surface area contributed by atoms with Gasteiger partial charge in [-0.15, -0.1) is 5.10 Å². The minimum absolute atomic E-state index is 0.00419. The first kappa shape index (κ1) is 23.8. The molecule has 0 aliphatic heterocycles. The van der Waals surface area contributed by atoms with Crippen LogP contribution in [0.2, 0.25) is 0 Å². The van der Waals surface area contributed by atoms with Crippen LogP contribution < -0.4 is 20.6 Å². The number of oxazole rings is 1. The molecule has 0 bridgehead atoms. The second-order valence-electron chi connectivity index (χ2n) is 7.32. The van der Waals surface area contributed by atoms with E-state index < -0.39 is 5.91 Å². The molecule has 5 aromatic rings. The van der Waals surface area contributed by atoms with Crippen molar-refractivity contribution in [2.45, 2.75) is 11.0 Å². The topological polar surface area (TPSA) is 182 Å². The second kappa shape index (κ2) is 10.4. The number of thioether (sulfide) groups is 1. The lowest BCUT2D eigenvalue weighted by Crippen LogP contribution is -2.20. The van der Waals surface area contributed by atoms with E-state index in [9.17, 15) is 4.79 Å². The number of aromatic nitrogens is 6. The predicted molar refractivity (Wildman–Crippen MR) is 132 cm³/mol. The zero-order chi connectivity index (χ0) is 25.8. The number of amides is 1. The van der Waals surface area contributed by atoms with Gasteiger partial charge in [0.25, 0.3) is 11.1 Å². The van der Waals surface area contributed by atoms with E-state index in [2.05, 4.69) is 40.8 Å². The molecule has 0 saturated carbocycles. The largest absolute Gasteiger partial charge is 0.493 e. The highest BCUT2D eigenvalue weighted by Gasteiger charge is 2.24. The number of methoxy groups -OCH3 is 2. The van der Waals surface area contributed by atoms with Crippen LogP contribution in [0.25, 0.3) is 16.9 Å². The smallest absolute Gasteiger partial charge is 0.293 e. The highest BCUT2D eigenvalue weighted by atomic mass is 32.2. The van der Waals surface area contributed by atoms with Gasteiger partial charge in [0.05, 0.1) is 26.1 Å². The summed E-state index contributed by atoms with van der Waals surface area (Å²) in [5.41, 5.74) is 10.7. The van der Waals surface area contributed by atoms with E-state index in [0.717, 1.165) is 0 Å². The fourth-order valence-electron chi connectivity index (χ4n) is 3.31. The predicted octanol–water partition coefficient (Wildman–Crippen LogP) is 2.45. The van der Waals surface area contributed by atoms with Gasteiger partial charge in [-0.25, -0.2) is 15.0 Å². The molecule has 0 aliphatic rings. The van der Waals surface area contributed by atoms with Gasteiger partial charge in [-0.2, -0.15) is 9.78 Å². The van der Waals surface area contributed by atoms with Crippen molar-refractivity contribution in [2.75, 3.05) is 20.0 Å². The normalized spacial score (nSPS) is 11.3. The minimum atomic E-state index is -0.605. The van der Waals surface area contributed by atoms with Crippen molar-refractivity contribution in [1.29, 1.82) is 0 Å². The number of carbonyl (C=O) groups excluding carboxylic acids is 1. The van der Waals surface area contributed by atoms with Gasteiger partial charge in [0.1, 0.15) is 5.52 Å². The number of anilines is 1. The Balaban J connectivity index is 1.38. The van der Waals surface area contributed by atoms with Crippen LogP contribution >= 0.6 is 11.8 Å². The molecular weight excluding hydrogens is 502 g/mol. The lowest BCUT2D eigenvalue weighted by molar-refractivity contribution is 0.0949. The molecular formula is C22H19N9O5S. The molecule has 0 saturated heterocycles. The van der Waals surface area contributed by atoms with Gasteiger partial charge in [-0.1, -0.05) is 29.1 Å². The maximum Gasteiger partial charge on any atom is 0.293 e. The Labute approximate surface area is 212 Å². The number of nitrogens with two attached hydrogens (primary N) is 1. The van der Waals surface area contributed by atoms with E-state index >= 15 is 0 Å². The monoisotopic (exact) mass is 521 g/mol. The summed E-state index contributed by atoms with van der Waals surface area (Å²) in [5, 5.41) is 19.8. The van der Waals surface area contributed by atoms with Gasteiger partial charge in [-0.3, -0.25) is 4.79 Å². The van der Waals surface area contributed by atoms with Gasteiger partial charge < -0.3 is 19.6 Å². The summed E-state index contributed by atoms with van der Waals surface area (Å²) in [7, 11) is 3.07. The Morgan fingerprint density at radius 3 is 2.78 bits per heavy atom. The van der Waals surface area contributed by atoms with Crippen molar-refractivity contribution in [1.82, 2.24) is 35.7 Å². The quantitative estimate of drug-likeness (QED) is 0.164. The van der Waals surface area contributed by atoms with E-state index in [1.807, 2.05) is 24.3 Å². The van der Waals surface area contributed by atoms with E-state index in [4.69, 9.17) is 19.6 Å². The summed E-state index contributed by atoms with van der Waals surface area (Å²) in [6.45, 7) is 0. The van der Waals surface area contributed by atoms with Crippen LogP contribution in [-0.2, 0) is 5.75 Å². The Morgan fingerprint density at radius 1 is 1.19 bits per heavy atom. The zero-order valence-corrected chi connectivity index (χ0v) is 20.3. The fourth-order valence-corrected chi connectivity index (χ4v) is 4.14. The third kappa shape index (κ3) is 4.92. The first-order valence-electron chi connectivity index (χ1n) is 10.6. The lowest BCUT2D eigenvalue weighted by Gasteiger charge is -2.07. The van der Waals surface area contributed by atoms with Gasteiger partial charge in [0, 0.05) is 5.75 Å². The van der Waals surface area contributed by atoms with E-state index in [-0.39, 0.29) is 23.1 Å². The number of nitrogens with one attached hydrogen (secondary N) is 1. The zero-order valence-electron chi connectivity index (χ0n) is 19.5. The molecule has 0 unspecified atom stereocenters. The van der Waals surface area contributed by atoms with Gasteiger partial charge >= 0.3 is 0 Å². The van der Waals surface area contributed by atoms with Crippen LogP contribution in [-0.4, -0.2) is 56.6 Å². The van der Waals surface area contributed by atoms with Crippen LogP contribution in [0.4, 0.5) is 5.82 Å². The Hall–Kier alpha value is -4.92. The van der Waals surface area contributed by atoms with Crippen molar-refractivity contribution in [3.8, 4) is 17.3 Å². The molecule has 3 aromatic heterocycles. The fraction of sp³-hybridized carbons (Fsp3) is 0.136. The van der Waals surface area contributed by atoms with E-state index in [1.54, 1.807) is 25.3 Å². The number of fused-ring (bicyclic) bond motifs is 1. The number of carbonyl (C=O) groups is 1. The molecule has 15 heteroatoms. The molecule has 3 N–H and O–H groups in total. The van der Waals surface area contributed by atoms with Gasteiger partial charge in [0.15, 0.2) is 22.8 Å². The first-order chi connectivity index (χ1) is 18.1. The number of nitrogen functional groups attached to an aromatic ring is 1. The number of para-hydroxylation sites is 2. The van der Waals surface area contributed by atoms with Crippen LogP contribution in [0.3, 0.4) is 0 Å². The molecule has 5 rings (SSSR count). The number of hydrogen-bond acceptors (Lipinski definition) is 13. The maximum atomic E-state index is 13.0. The van der Waals surface area contributed by atoms with Gasteiger partial charge in [0.2, 0.25) is 11.6 Å². The standard InChI is InChI=1S/C22H19N9O5S/c1-33-16-8-7-12(9-17(16)34-2)10-24-27-21(32)18-14(31(30-26-18)20-19(23)28-36-29-20)11-37-22-25-13-5-3-4-6-15(13)35-22/h3-10H,11H2,1-2H3,(H2,23,28)(H,27,32). The molecule has 3 heterocycles. The Morgan fingerprint density at radius 2 is 2.03 bits per heavy atom. The van der Waals surface area contributed by atoms with Crippen LogP contribution in [0.5, 0.6) is 11.5 Å². The molecule has 14 nitrogen and oxygen atoms in total. The van der Waals surface area contributed by atoms with Crippen LogP contribution in [0.1, 0.15) is 21.7 Å². The molecule has 188 valence electrons. The second-order valence-corrected chi connectivity index (χ2v) is 8.25. The summed E-state index contributed by atoms with van der Waals surface area (Å²) in [6, 6.07) is 12.6. The molecule has 2 aromatic carbocycles. The number of ether oxygens (including phenoxy) is 2. The molecule has 0 fully saturated rings. The van der Waals surface area contributed by atoms with E-state index in [1.165, 1.54) is 29.8 Å². The Bertz CT molecular complexity index is 1560. The third-order valence-corrected chi connectivity index (χ3v) is 5.91. The average Bonchev–Trinajstić information content (AvgIpc) is 3.64. The highest BCUT2D eigenvalue weighted by Crippen LogP contribution is 2.29. The molecule has 0 atom stereocenters. The van der Waals surface area contributed by atoms with Crippen molar-refractivity contribution in [3.63, 3.8) is 0 Å². The summed E-state index contributed by atoms with van der Waals surface area (Å²) < 4.78 is 22.2. The molecule has 1 amide bonds. The summed E-state index contributed by atoms with van der Waals surface area (Å²) >= 11 is 1.24. The molecule has 0 aliphatic carbocycles. The van der Waals surface area contributed by atoms with E-state index in [0.29, 0.717) is 39.1 Å². The van der Waals surface area contributed by atoms with Crippen molar-refractivity contribution >= 4 is 40.8 Å². The lowest BCUT2D eigenvalue weighted by atomic mass is 10.2. The van der Waals surface area contributed by atoms with Gasteiger partial charge in [-0.05, 0) is 46.2 Å². The molecule has 0 radical (unpaired) electrons. The summed E-state index contributed by atoms with van der Waals surface area (Å²) in [5.74, 6) is 0.756. The third-order valence-electron chi connectivity index (χ3n) is 5.07. The molecule has 37 heavy (non-hydrogen) atoms. The van der Waals surface area contributed by atoms with Crippen molar-refractivity contribution < 1.29 is 23.3 Å². The summed E-state index contributed by atoms with van der Waals surface area (Å²) in [6.07, 6.45) is 1.45. The van der Waals surface area contributed by atoms with Crippen molar-refractivity contribution in [2.24, 2.45) is 5.10 Å². The Kier molecular flexibility index (Phi) is 6.67. The molecule has 0 spiro atoms. The maximum absolute atomic E-state index is 13.0. The number of nitrogens with zero attached hydrogens (tertiary/aromatic N) is 7. The van der Waals surface area contributed by atoms with Crippen molar-refractivity contribution in [3.05, 3.63) is 59.4 Å². The number of hydrazone groups is 1. The number of rotatable bonds is 9.